The minimum absolute atomic E-state index is 0.108. The molecule has 6 nitrogen and oxygen atoms in total. The summed E-state index contributed by atoms with van der Waals surface area (Å²) in [5, 5.41) is 13.9. The van der Waals surface area contributed by atoms with Gasteiger partial charge in [-0.05, 0) is 24.6 Å². The normalized spacial score (nSPS) is 14.0. The van der Waals surface area contributed by atoms with Crippen LogP contribution >= 0.6 is 15.9 Å². The molecule has 3 N–H and O–H groups in total. The number of aliphatic carboxylic acids is 1. The Bertz CT molecular complexity index is 562. The van der Waals surface area contributed by atoms with Crippen molar-refractivity contribution in [1.82, 2.24) is 10.6 Å². The molecule has 1 unspecified atom stereocenters. The summed E-state index contributed by atoms with van der Waals surface area (Å²) in [6.45, 7) is 2.63. The number of fused-ring (bicyclic) bond motifs is 1. The summed E-state index contributed by atoms with van der Waals surface area (Å²) >= 11 is 3.44. The summed E-state index contributed by atoms with van der Waals surface area (Å²) in [6.07, 6.45) is 0.756. The molecule has 2 rings (SSSR count). The minimum Gasteiger partial charge on any atom is -0.493 e. The van der Waals surface area contributed by atoms with E-state index in [1.165, 1.54) is 0 Å². The molecule has 0 saturated heterocycles. The van der Waals surface area contributed by atoms with Crippen LogP contribution in [0.15, 0.2) is 16.6 Å². The van der Waals surface area contributed by atoms with Crippen LogP contribution in [-0.4, -0.2) is 29.8 Å². The lowest BCUT2D eigenvalue weighted by Crippen LogP contribution is -2.41. The Morgan fingerprint density at radius 3 is 2.95 bits per heavy atom. The first-order valence-corrected chi connectivity index (χ1v) is 7.45. The van der Waals surface area contributed by atoms with E-state index in [0.717, 1.165) is 27.8 Å². The number of amides is 2. The third kappa shape index (κ3) is 4.35. The van der Waals surface area contributed by atoms with Crippen molar-refractivity contribution in [2.45, 2.75) is 32.4 Å². The van der Waals surface area contributed by atoms with E-state index in [9.17, 15) is 9.59 Å². The Morgan fingerprint density at radius 1 is 1.48 bits per heavy atom. The number of rotatable bonds is 5. The van der Waals surface area contributed by atoms with Gasteiger partial charge in [-0.1, -0.05) is 15.9 Å². The van der Waals surface area contributed by atoms with Gasteiger partial charge in [0.1, 0.15) is 5.75 Å². The molecule has 0 aliphatic carbocycles. The van der Waals surface area contributed by atoms with Crippen molar-refractivity contribution in [2.75, 3.05) is 6.61 Å². The van der Waals surface area contributed by atoms with Crippen LogP contribution in [0.1, 0.15) is 24.5 Å². The van der Waals surface area contributed by atoms with E-state index in [0.29, 0.717) is 13.2 Å². The number of halogens is 1. The van der Waals surface area contributed by atoms with Crippen molar-refractivity contribution in [3.63, 3.8) is 0 Å². The van der Waals surface area contributed by atoms with Crippen LogP contribution in [0.25, 0.3) is 0 Å². The summed E-state index contributed by atoms with van der Waals surface area (Å²) < 4.78 is 6.53. The minimum atomic E-state index is -0.944. The van der Waals surface area contributed by atoms with E-state index in [1.54, 1.807) is 6.92 Å². The van der Waals surface area contributed by atoms with Crippen molar-refractivity contribution in [3.05, 3.63) is 27.7 Å². The molecule has 2 amide bonds. The highest BCUT2D eigenvalue weighted by molar-refractivity contribution is 9.10. The Hall–Kier alpha value is -1.76. The largest absolute Gasteiger partial charge is 0.493 e. The molecule has 1 heterocycles. The topological polar surface area (TPSA) is 87.7 Å². The van der Waals surface area contributed by atoms with Gasteiger partial charge in [0.05, 0.1) is 13.0 Å². The molecule has 1 aromatic carbocycles. The summed E-state index contributed by atoms with van der Waals surface area (Å²) in [6, 6.07) is 3.11. The van der Waals surface area contributed by atoms with Crippen molar-refractivity contribution in [1.29, 1.82) is 0 Å². The lowest BCUT2D eigenvalue weighted by atomic mass is 10.1. The highest BCUT2D eigenvalue weighted by Crippen LogP contribution is 2.32. The molecule has 0 bridgehead atoms. The first kappa shape index (κ1) is 15.6. The molecule has 0 aromatic heterocycles. The Balaban J connectivity index is 1.91. The number of benzene rings is 1. The number of nitrogens with one attached hydrogen (secondary N) is 2. The average Bonchev–Trinajstić information content (AvgIpc) is 2.82. The van der Waals surface area contributed by atoms with Crippen LogP contribution in [0.4, 0.5) is 4.79 Å². The van der Waals surface area contributed by atoms with E-state index in [-0.39, 0.29) is 6.42 Å². The molecular formula is C14H17BrN2O4. The van der Waals surface area contributed by atoms with Gasteiger partial charge in [-0.3, -0.25) is 4.79 Å². The molecule has 1 aliphatic rings. The second-order valence-electron chi connectivity index (χ2n) is 4.98. The maximum atomic E-state index is 11.7. The number of carbonyl (C=O) groups excluding carboxylic acids is 1. The van der Waals surface area contributed by atoms with Crippen LogP contribution in [0, 0.1) is 0 Å². The molecule has 114 valence electrons. The van der Waals surface area contributed by atoms with Crippen molar-refractivity contribution < 1.29 is 19.4 Å². The quantitative estimate of drug-likeness (QED) is 0.753. The van der Waals surface area contributed by atoms with Gasteiger partial charge in [-0.15, -0.1) is 0 Å². The molecule has 0 spiro atoms. The van der Waals surface area contributed by atoms with Gasteiger partial charge >= 0.3 is 12.0 Å². The Kier molecular flexibility index (Phi) is 5.06. The lowest BCUT2D eigenvalue weighted by Gasteiger charge is -2.14. The Labute approximate surface area is 131 Å². The van der Waals surface area contributed by atoms with E-state index in [2.05, 4.69) is 26.6 Å². The van der Waals surface area contributed by atoms with Gasteiger partial charge in [-0.2, -0.15) is 0 Å². The van der Waals surface area contributed by atoms with Gasteiger partial charge in [0.2, 0.25) is 0 Å². The average molecular weight is 357 g/mol. The molecule has 0 saturated carbocycles. The number of urea groups is 1. The first-order chi connectivity index (χ1) is 9.95. The van der Waals surface area contributed by atoms with Crippen molar-refractivity contribution in [3.8, 4) is 5.75 Å². The molecule has 1 aliphatic heterocycles. The predicted molar refractivity (Wildman–Crippen MR) is 80.4 cm³/mol. The molecule has 0 radical (unpaired) electrons. The van der Waals surface area contributed by atoms with Crippen LogP contribution in [-0.2, 0) is 17.8 Å². The van der Waals surface area contributed by atoms with Crippen LogP contribution in [0.5, 0.6) is 5.75 Å². The summed E-state index contributed by atoms with van der Waals surface area (Å²) in [7, 11) is 0. The molecule has 21 heavy (non-hydrogen) atoms. The number of carbonyl (C=O) groups is 2. The molecule has 1 aromatic rings. The van der Waals surface area contributed by atoms with Gasteiger partial charge in [-0.25, -0.2) is 4.79 Å². The molecular weight excluding hydrogens is 340 g/mol. The maximum absolute atomic E-state index is 11.7. The van der Waals surface area contributed by atoms with Crippen LogP contribution in [0.2, 0.25) is 0 Å². The molecule has 7 heteroatoms. The second-order valence-corrected chi connectivity index (χ2v) is 5.89. The predicted octanol–water partition coefficient (Wildman–Crippen LogP) is 2.05. The van der Waals surface area contributed by atoms with Crippen LogP contribution in [0.3, 0.4) is 0 Å². The first-order valence-electron chi connectivity index (χ1n) is 6.66. The fraction of sp³-hybridized carbons (Fsp3) is 0.429. The number of hydrogen-bond acceptors (Lipinski definition) is 3. The van der Waals surface area contributed by atoms with Gasteiger partial charge in [0, 0.05) is 29.0 Å². The van der Waals surface area contributed by atoms with Gasteiger partial charge in [0.15, 0.2) is 0 Å². The third-order valence-electron chi connectivity index (χ3n) is 3.12. The number of carboxylic acids is 1. The fourth-order valence-corrected chi connectivity index (χ4v) is 2.79. The highest BCUT2D eigenvalue weighted by atomic mass is 79.9. The molecule has 0 fully saturated rings. The number of carboxylic acid groups (broad SMARTS) is 1. The maximum Gasteiger partial charge on any atom is 0.315 e. The standard InChI is InChI=1S/C14H17BrN2O4/c1-8(4-12(18)19)17-14(20)16-7-10-6-11(15)5-9-2-3-21-13(9)10/h5-6,8H,2-4,7H2,1H3,(H,18,19)(H2,16,17,20). The van der Waals surface area contributed by atoms with E-state index >= 15 is 0 Å². The van der Waals surface area contributed by atoms with Gasteiger partial charge < -0.3 is 20.5 Å². The van der Waals surface area contributed by atoms with E-state index in [4.69, 9.17) is 9.84 Å². The molecule has 1 atom stereocenters. The lowest BCUT2D eigenvalue weighted by molar-refractivity contribution is -0.137. The third-order valence-corrected chi connectivity index (χ3v) is 3.58. The number of hydrogen-bond donors (Lipinski definition) is 3. The summed E-state index contributed by atoms with van der Waals surface area (Å²) in [4.78, 5) is 22.3. The second kappa shape index (κ2) is 6.80. The van der Waals surface area contributed by atoms with E-state index in [1.807, 2.05) is 12.1 Å². The monoisotopic (exact) mass is 356 g/mol. The summed E-state index contributed by atoms with van der Waals surface area (Å²) in [5.74, 6) is -0.113. The zero-order chi connectivity index (χ0) is 15.4. The Morgan fingerprint density at radius 2 is 2.24 bits per heavy atom. The van der Waals surface area contributed by atoms with Gasteiger partial charge in [0.25, 0.3) is 0 Å². The number of ether oxygens (including phenoxy) is 1. The highest BCUT2D eigenvalue weighted by Gasteiger charge is 2.18. The fourth-order valence-electron chi connectivity index (χ4n) is 2.24. The van der Waals surface area contributed by atoms with Crippen LogP contribution < -0.4 is 15.4 Å². The van der Waals surface area contributed by atoms with E-state index < -0.39 is 18.0 Å². The zero-order valence-electron chi connectivity index (χ0n) is 11.6. The zero-order valence-corrected chi connectivity index (χ0v) is 13.2. The van der Waals surface area contributed by atoms with Crippen molar-refractivity contribution >= 4 is 27.9 Å². The smallest absolute Gasteiger partial charge is 0.315 e. The SMILES string of the molecule is CC(CC(=O)O)NC(=O)NCc1cc(Br)cc2c1OCC2. The summed E-state index contributed by atoms with van der Waals surface area (Å²) in [5.41, 5.74) is 2.03. The van der Waals surface area contributed by atoms with Crippen molar-refractivity contribution in [2.24, 2.45) is 0 Å².